The van der Waals surface area contributed by atoms with Crippen molar-refractivity contribution in [2.75, 3.05) is 11.4 Å². The summed E-state index contributed by atoms with van der Waals surface area (Å²) in [7, 11) is 0. The van der Waals surface area contributed by atoms with Crippen molar-refractivity contribution in [2.45, 2.75) is 12.5 Å². The van der Waals surface area contributed by atoms with Gasteiger partial charge in [0.05, 0.1) is 6.10 Å². The third-order valence-corrected chi connectivity index (χ3v) is 3.39. The predicted molar refractivity (Wildman–Crippen MR) is 71.9 cm³/mol. The van der Waals surface area contributed by atoms with E-state index in [4.69, 9.17) is 0 Å². The summed E-state index contributed by atoms with van der Waals surface area (Å²) in [5.74, 6) is -0.0539. The van der Waals surface area contributed by atoms with Crippen molar-refractivity contribution >= 4 is 11.6 Å². The van der Waals surface area contributed by atoms with Crippen molar-refractivity contribution in [3.8, 4) is 0 Å². The molecule has 1 aliphatic rings. The van der Waals surface area contributed by atoms with E-state index in [0.29, 0.717) is 18.5 Å². The van der Waals surface area contributed by atoms with Crippen LogP contribution in [-0.2, 0) is 0 Å². The number of anilines is 1. The fraction of sp³-hybridized carbons (Fsp3) is 0.200. The first kappa shape index (κ1) is 11.9. The Morgan fingerprint density at radius 1 is 1.21 bits per heavy atom. The molecule has 0 radical (unpaired) electrons. The van der Waals surface area contributed by atoms with Crippen molar-refractivity contribution in [2.24, 2.45) is 0 Å². The molecule has 4 heteroatoms. The van der Waals surface area contributed by atoms with Crippen LogP contribution in [0.5, 0.6) is 0 Å². The summed E-state index contributed by atoms with van der Waals surface area (Å²) in [4.78, 5) is 18.1. The summed E-state index contributed by atoms with van der Waals surface area (Å²) in [6, 6.07) is 10.9. The Labute approximate surface area is 111 Å². The lowest BCUT2D eigenvalue weighted by atomic mass is 9.98. The molecule has 1 aromatic heterocycles. The molecule has 2 heterocycles. The monoisotopic (exact) mass is 254 g/mol. The number of aliphatic hydroxyl groups excluding tert-OH is 1. The number of amides is 1. The van der Waals surface area contributed by atoms with Gasteiger partial charge >= 0.3 is 0 Å². The highest BCUT2D eigenvalue weighted by Gasteiger charge is 2.27. The largest absolute Gasteiger partial charge is 0.388 e. The topological polar surface area (TPSA) is 53.4 Å². The van der Waals surface area contributed by atoms with Crippen molar-refractivity contribution in [1.29, 1.82) is 0 Å². The molecule has 0 bridgehead atoms. The molecule has 0 aliphatic carbocycles. The van der Waals surface area contributed by atoms with Gasteiger partial charge in [-0.15, -0.1) is 0 Å². The molecule has 1 atom stereocenters. The van der Waals surface area contributed by atoms with Crippen molar-refractivity contribution in [3.63, 3.8) is 0 Å². The van der Waals surface area contributed by atoms with Gasteiger partial charge in [0.25, 0.3) is 5.91 Å². The Morgan fingerprint density at radius 3 is 2.74 bits per heavy atom. The minimum Gasteiger partial charge on any atom is -0.388 e. The number of hydrogen-bond donors (Lipinski definition) is 1. The number of aliphatic hydroxyl groups is 1. The zero-order valence-electron chi connectivity index (χ0n) is 10.4. The highest BCUT2D eigenvalue weighted by atomic mass is 16.3. The van der Waals surface area contributed by atoms with Gasteiger partial charge in [0.2, 0.25) is 0 Å². The van der Waals surface area contributed by atoms with Gasteiger partial charge in [-0.3, -0.25) is 9.78 Å². The lowest BCUT2D eigenvalue weighted by molar-refractivity contribution is 0.0970. The Balaban J connectivity index is 1.99. The molecule has 0 saturated carbocycles. The lowest BCUT2D eigenvalue weighted by Crippen LogP contribution is -2.36. The number of aromatic nitrogens is 1. The minimum absolute atomic E-state index is 0.0539. The van der Waals surface area contributed by atoms with Crippen molar-refractivity contribution < 1.29 is 9.90 Å². The maximum absolute atomic E-state index is 12.5. The van der Waals surface area contributed by atoms with E-state index in [1.54, 1.807) is 29.4 Å². The van der Waals surface area contributed by atoms with Gasteiger partial charge < -0.3 is 10.0 Å². The van der Waals surface area contributed by atoms with Crippen LogP contribution in [-0.4, -0.2) is 22.5 Å². The number of benzene rings is 1. The van der Waals surface area contributed by atoms with E-state index < -0.39 is 6.10 Å². The quantitative estimate of drug-likeness (QED) is 0.848. The van der Waals surface area contributed by atoms with Crippen LogP contribution < -0.4 is 4.90 Å². The number of fused-ring (bicyclic) bond motifs is 1. The number of para-hydroxylation sites is 1. The third-order valence-electron chi connectivity index (χ3n) is 3.39. The van der Waals surface area contributed by atoms with Crippen LogP contribution in [0.15, 0.2) is 48.8 Å². The summed E-state index contributed by atoms with van der Waals surface area (Å²) in [6.07, 6.45) is 3.29. The zero-order valence-corrected chi connectivity index (χ0v) is 10.4. The molecule has 96 valence electrons. The first-order valence-corrected chi connectivity index (χ1v) is 6.26. The van der Waals surface area contributed by atoms with E-state index in [1.165, 1.54) is 0 Å². The van der Waals surface area contributed by atoms with Gasteiger partial charge in [0, 0.05) is 35.8 Å². The number of nitrogens with zero attached hydrogens (tertiary/aromatic N) is 2. The molecular weight excluding hydrogens is 240 g/mol. The number of hydrogen-bond acceptors (Lipinski definition) is 3. The van der Waals surface area contributed by atoms with Gasteiger partial charge in [-0.05, 0) is 24.6 Å². The Bertz CT molecular complexity index is 598. The molecule has 3 rings (SSSR count). The fourth-order valence-corrected chi connectivity index (χ4v) is 2.40. The molecule has 4 nitrogen and oxygen atoms in total. The SMILES string of the molecule is O=C(c1ccncc1)N1CCC(O)c2ccccc21. The predicted octanol–water partition coefficient (Wildman–Crippen LogP) is 2.17. The number of carbonyl (C=O) groups excluding carboxylic acids is 1. The Kier molecular flexibility index (Phi) is 3.01. The van der Waals surface area contributed by atoms with Gasteiger partial charge in [-0.25, -0.2) is 0 Å². The van der Waals surface area contributed by atoms with E-state index in [9.17, 15) is 9.90 Å². The van der Waals surface area contributed by atoms with Crippen LogP contribution in [0.3, 0.4) is 0 Å². The average molecular weight is 254 g/mol. The van der Waals surface area contributed by atoms with Crippen LogP contribution in [0.25, 0.3) is 0 Å². The molecule has 1 amide bonds. The van der Waals surface area contributed by atoms with Crippen LogP contribution in [0.4, 0.5) is 5.69 Å². The summed E-state index contributed by atoms with van der Waals surface area (Å²) >= 11 is 0. The molecule has 2 aromatic rings. The molecule has 1 aliphatic heterocycles. The van der Waals surface area contributed by atoms with Crippen molar-refractivity contribution in [3.05, 3.63) is 59.9 Å². The molecule has 0 saturated heterocycles. The summed E-state index contributed by atoms with van der Waals surface area (Å²) < 4.78 is 0. The molecule has 1 aromatic carbocycles. The average Bonchev–Trinajstić information content (AvgIpc) is 2.48. The maximum Gasteiger partial charge on any atom is 0.258 e. The minimum atomic E-state index is -0.488. The van der Waals surface area contributed by atoms with Crippen LogP contribution in [0, 0.1) is 0 Å². The van der Waals surface area contributed by atoms with E-state index in [2.05, 4.69) is 4.98 Å². The zero-order chi connectivity index (χ0) is 13.2. The molecule has 19 heavy (non-hydrogen) atoms. The summed E-state index contributed by atoms with van der Waals surface area (Å²) in [5, 5.41) is 9.98. The lowest BCUT2D eigenvalue weighted by Gasteiger charge is -2.32. The number of rotatable bonds is 1. The second-order valence-electron chi connectivity index (χ2n) is 4.56. The standard InChI is InChI=1S/C15H14N2O2/c18-14-7-10-17(13-4-2-1-3-12(13)14)15(19)11-5-8-16-9-6-11/h1-6,8-9,14,18H,7,10H2. The Morgan fingerprint density at radius 2 is 1.95 bits per heavy atom. The van der Waals surface area contributed by atoms with Gasteiger partial charge in [-0.1, -0.05) is 18.2 Å². The maximum atomic E-state index is 12.5. The van der Waals surface area contributed by atoms with E-state index >= 15 is 0 Å². The first-order valence-electron chi connectivity index (χ1n) is 6.26. The molecular formula is C15H14N2O2. The molecule has 0 spiro atoms. The summed E-state index contributed by atoms with van der Waals surface area (Å²) in [6.45, 7) is 0.527. The van der Waals surface area contributed by atoms with E-state index in [-0.39, 0.29) is 5.91 Å². The smallest absolute Gasteiger partial charge is 0.258 e. The third kappa shape index (κ3) is 2.11. The fourth-order valence-electron chi connectivity index (χ4n) is 2.40. The van der Waals surface area contributed by atoms with Gasteiger partial charge in [-0.2, -0.15) is 0 Å². The molecule has 0 fully saturated rings. The Hall–Kier alpha value is -2.20. The van der Waals surface area contributed by atoms with Gasteiger partial charge in [0.15, 0.2) is 0 Å². The highest BCUT2D eigenvalue weighted by molar-refractivity contribution is 6.06. The summed E-state index contributed by atoms with van der Waals surface area (Å²) in [5.41, 5.74) is 2.22. The molecule has 1 unspecified atom stereocenters. The number of pyridine rings is 1. The van der Waals surface area contributed by atoms with Crippen molar-refractivity contribution in [1.82, 2.24) is 4.98 Å². The normalized spacial score (nSPS) is 17.9. The van der Waals surface area contributed by atoms with Crippen LogP contribution >= 0.6 is 0 Å². The second kappa shape index (κ2) is 4.82. The first-order chi connectivity index (χ1) is 9.27. The number of carbonyl (C=O) groups is 1. The van der Waals surface area contributed by atoms with Gasteiger partial charge in [0.1, 0.15) is 0 Å². The second-order valence-corrected chi connectivity index (χ2v) is 4.56. The van der Waals surface area contributed by atoms with E-state index in [1.807, 2.05) is 24.3 Å². The highest BCUT2D eigenvalue weighted by Crippen LogP contribution is 2.34. The van der Waals surface area contributed by atoms with E-state index in [0.717, 1.165) is 11.3 Å². The van der Waals surface area contributed by atoms with Crippen LogP contribution in [0.2, 0.25) is 0 Å². The van der Waals surface area contributed by atoms with Crippen LogP contribution in [0.1, 0.15) is 28.4 Å². The molecule has 1 N–H and O–H groups in total.